The van der Waals surface area contributed by atoms with Crippen molar-refractivity contribution in [2.45, 2.75) is 45.4 Å². The zero-order valence-electron chi connectivity index (χ0n) is 11.6. The molecule has 6 heteroatoms. The lowest BCUT2D eigenvalue weighted by Crippen LogP contribution is -2.41. The molecule has 4 nitrogen and oxygen atoms in total. The molecule has 1 aromatic carbocycles. The topological polar surface area (TPSA) is 64.4 Å². The Hall–Kier alpha value is -1.69. The molecule has 0 saturated carbocycles. The van der Waals surface area contributed by atoms with Crippen LogP contribution in [0.4, 0.5) is 8.78 Å². The van der Waals surface area contributed by atoms with Crippen LogP contribution in [-0.2, 0) is 4.79 Å². The largest absolute Gasteiger partial charge is 0.434 e. The van der Waals surface area contributed by atoms with E-state index in [0.29, 0.717) is 12.0 Å². The van der Waals surface area contributed by atoms with E-state index in [4.69, 9.17) is 5.73 Å². The van der Waals surface area contributed by atoms with Gasteiger partial charge in [0, 0.05) is 5.56 Å². The highest BCUT2D eigenvalue weighted by atomic mass is 19.3. The molecule has 0 saturated heterocycles. The second-order valence-corrected chi connectivity index (χ2v) is 4.54. The Morgan fingerprint density at radius 2 is 2.05 bits per heavy atom. The van der Waals surface area contributed by atoms with Gasteiger partial charge in [-0.3, -0.25) is 4.79 Å². The fourth-order valence-corrected chi connectivity index (χ4v) is 1.88. The third kappa shape index (κ3) is 4.77. The van der Waals surface area contributed by atoms with E-state index in [-0.39, 0.29) is 11.7 Å². The van der Waals surface area contributed by atoms with Crippen molar-refractivity contribution in [1.29, 1.82) is 0 Å². The minimum atomic E-state index is -2.90. The number of ether oxygens (including phenoxy) is 1. The van der Waals surface area contributed by atoms with E-state index in [1.807, 2.05) is 6.92 Å². The van der Waals surface area contributed by atoms with Crippen molar-refractivity contribution < 1.29 is 18.3 Å². The molecule has 0 aliphatic carbocycles. The molecule has 2 atom stereocenters. The van der Waals surface area contributed by atoms with Gasteiger partial charge < -0.3 is 15.8 Å². The van der Waals surface area contributed by atoms with Crippen LogP contribution in [-0.4, -0.2) is 18.6 Å². The Kier molecular flexibility index (Phi) is 6.38. The third-order valence-corrected chi connectivity index (χ3v) is 2.90. The zero-order chi connectivity index (χ0) is 15.1. The van der Waals surface area contributed by atoms with Crippen molar-refractivity contribution in [2.75, 3.05) is 0 Å². The monoisotopic (exact) mass is 286 g/mol. The lowest BCUT2D eigenvalue weighted by Gasteiger charge is -2.20. The minimum absolute atomic E-state index is 0.0550. The average molecular weight is 286 g/mol. The summed E-state index contributed by atoms with van der Waals surface area (Å²) < 4.78 is 29.1. The van der Waals surface area contributed by atoms with Crippen molar-refractivity contribution >= 4 is 5.91 Å². The summed E-state index contributed by atoms with van der Waals surface area (Å²) in [5.74, 6) is -0.245. The van der Waals surface area contributed by atoms with Crippen molar-refractivity contribution in [3.8, 4) is 5.75 Å². The molecule has 1 amide bonds. The summed E-state index contributed by atoms with van der Waals surface area (Å²) in [7, 11) is 0. The molecule has 3 N–H and O–H groups in total. The van der Waals surface area contributed by atoms with Gasteiger partial charge in [-0.25, -0.2) is 0 Å². The van der Waals surface area contributed by atoms with Crippen LogP contribution >= 0.6 is 0 Å². The molecule has 0 radical (unpaired) electrons. The molecule has 1 aromatic rings. The summed E-state index contributed by atoms with van der Waals surface area (Å²) in [6.45, 7) is 0.730. The fraction of sp³-hybridized carbons (Fsp3) is 0.500. The van der Waals surface area contributed by atoms with Gasteiger partial charge in [0.25, 0.3) is 0 Å². The number of nitrogens with two attached hydrogens (primary N) is 1. The molecule has 0 aliphatic rings. The Balaban J connectivity index is 2.76. The molecule has 0 aliphatic heterocycles. The maximum absolute atomic E-state index is 12.3. The second-order valence-electron chi connectivity index (χ2n) is 4.54. The van der Waals surface area contributed by atoms with Crippen LogP contribution in [0.3, 0.4) is 0 Å². The Morgan fingerprint density at radius 1 is 1.40 bits per heavy atom. The number of carbonyl (C=O) groups excluding carboxylic acids is 1. The molecule has 20 heavy (non-hydrogen) atoms. The highest BCUT2D eigenvalue weighted by Crippen LogP contribution is 2.26. The molecule has 0 aromatic heterocycles. The number of amides is 1. The molecule has 0 fully saturated rings. The summed E-state index contributed by atoms with van der Waals surface area (Å²) in [5, 5.41) is 2.71. The normalized spacial score (nSPS) is 13.9. The Morgan fingerprint density at radius 3 is 2.65 bits per heavy atom. The van der Waals surface area contributed by atoms with Crippen molar-refractivity contribution in [2.24, 2.45) is 5.73 Å². The van der Waals surface area contributed by atoms with Gasteiger partial charge >= 0.3 is 6.61 Å². The van der Waals surface area contributed by atoms with Crippen LogP contribution in [0, 0.1) is 0 Å². The molecule has 0 spiro atoms. The number of nitrogens with one attached hydrogen (secondary N) is 1. The molecule has 0 heterocycles. The number of rotatable bonds is 7. The fourth-order valence-electron chi connectivity index (χ4n) is 1.88. The van der Waals surface area contributed by atoms with Crippen molar-refractivity contribution in [1.82, 2.24) is 5.32 Å². The van der Waals surface area contributed by atoms with Gasteiger partial charge in [-0.15, -0.1) is 0 Å². The number of benzene rings is 1. The minimum Gasteiger partial charge on any atom is -0.434 e. The van der Waals surface area contributed by atoms with Crippen LogP contribution in [0.1, 0.15) is 38.3 Å². The number of halogens is 2. The molecular formula is C14H20F2N2O2. The Bertz CT molecular complexity index is 441. The van der Waals surface area contributed by atoms with E-state index in [2.05, 4.69) is 10.1 Å². The smallest absolute Gasteiger partial charge is 0.387 e. The number of alkyl halides is 2. The van der Waals surface area contributed by atoms with E-state index in [9.17, 15) is 13.6 Å². The lowest BCUT2D eigenvalue weighted by atomic mass is 10.1. The van der Waals surface area contributed by atoms with E-state index in [0.717, 1.165) is 6.42 Å². The molecular weight excluding hydrogens is 266 g/mol. The first-order valence-corrected chi connectivity index (χ1v) is 6.55. The summed E-state index contributed by atoms with van der Waals surface area (Å²) in [6.07, 6.45) is 1.38. The van der Waals surface area contributed by atoms with Crippen LogP contribution in [0.25, 0.3) is 0 Å². The molecule has 112 valence electrons. The Labute approximate surface area is 117 Å². The quantitative estimate of drug-likeness (QED) is 0.809. The summed E-state index contributed by atoms with van der Waals surface area (Å²) in [4.78, 5) is 11.8. The zero-order valence-corrected chi connectivity index (χ0v) is 11.6. The number of para-hydroxylation sites is 1. The summed E-state index contributed by atoms with van der Waals surface area (Å²) >= 11 is 0. The number of carbonyl (C=O) groups is 1. The first-order chi connectivity index (χ1) is 9.45. The van der Waals surface area contributed by atoms with Crippen molar-refractivity contribution in [3.63, 3.8) is 0 Å². The predicted molar refractivity (Wildman–Crippen MR) is 72.5 cm³/mol. The van der Waals surface area contributed by atoms with Gasteiger partial charge in [-0.1, -0.05) is 31.5 Å². The van der Waals surface area contributed by atoms with Crippen LogP contribution in [0.15, 0.2) is 24.3 Å². The van der Waals surface area contributed by atoms with E-state index < -0.39 is 18.7 Å². The van der Waals surface area contributed by atoms with Crippen LogP contribution < -0.4 is 15.8 Å². The van der Waals surface area contributed by atoms with Gasteiger partial charge in [0.2, 0.25) is 5.91 Å². The number of hydrogen-bond acceptors (Lipinski definition) is 3. The van der Waals surface area contributed by atoms with Gasteiger partial charge in [-0.2, -0.15) is 8.78 Å². The highest BCUT2D eigenvalue weighted by Gasteiger charge is 2.19. The van der Waals surface area contributed by atoms with Gasteiger partial charge in [0.05, 0.1) is 12.1 Å². The standard InChI is InChI=1S/C14H20F2N2O2/c1-3-6-11(17)13(19)18-9(2)10-7-4-5-8-12(10)20-14(15)16/h4-5,7-9,11,14H,3,6,17H2,1-2H3,(H,18,19). The van der Waals surface area contributed by atoms with Gasteiger partial charge in [0.15, 0.2) is 0 Å². The van der Waals surface area contributed by atoms with E-state index >= 15 is 0 Å². The predicted octanol–water partition coefficient (Wildman–Crippen LogP) is 2.59. The SMILES string of the molecule is CCCC(N)C(=O)NC(C)c1ccccc1OC(F)F. The van der Waals surface area contributed by atoms with Crippen LogP contribution in [0.2, 0.25) is 0 Å². The third-order valence-electron chi connectivity index (χ3n) is 2.90. The first-order valence-electron chi connectivity index (χ1n) is 6.55. The first kappa shape index (κ1) is 16.4. The van der Waals surface area contributed by atoms with E-state index in [1.165, 1.54) is 6.07 Å². The molecule has 1 rings (SSSR count). The van der Waals surface area contributed by atoms with Gasteiger partial charge in [0.1, 0.15) is 5.75 Å². The lowest BCUT2D eigenvalue weighted by molar-refractivity contribution is -0.123. The van der Waals surface area contributed by atoms with Crippen molar-refractivity contribution in [3.05, 3.63) is 29.8 Å². The van der Waals surface area contributed by atoms with Crippen LogP contribution in [0.5, 0.6) is 5.75 Å². The maximum Gasteiger partial charge on any atom is 0.387 e. The highest BCUT2D eigenvalue weighted by molar-refractivity contribution is 5.81. The summed E-state index contributed by atoms with van der Waals surface area (Å²) in [6, 6.07) is 5.32. The van der Waals surface area contributed by atoms with E-state index in [1.54, 1.807) is 25.1 Å². The summed E-state index contributed by atoms with van der Waals surface area (Å²) in [5.41, 5.74) is 6.20. The molecule has 2 unspecified atom stereocenters. The maximum atomic E-state index is 12.3. The average Bonchev–Trinajstić information content (AvgIpc) is 2.38. The second kappa shape index (κ2) is 7.79. The van der Waals surface area contributed by atoms with Gasteiger partial charge in [-0.05, 0) is 19.4 Å². The number of hydrogen-bond donors (Lipinski definition) is 2. The molecule has 0 bridgehead atoms.